The van der Waals surface area contributed by atoms with Gasteiger partial charge >= 0.3 is 0 Å². The Hall–Kier alpha value is -1.39. The minimum atomic E-state index is 0.210. The fourth-order valence-electron chi connectivity index (χ4n) is 2.32. The van der Waals surface area contributed by atoms with Crippen LogP contribution in [0, 0.1) is 13.8 Å². The van der Waals surface area contributed by atoms with E-state index < -0.39 is 0 Å². The molecule has 0 amide bonds. The lowest BCUT2D eigenvalue weighted by Gasteiger charge is -2.21. The van der Waals surface area contributed by atoms with E-state index in [9.17, 15) is 0 Å². The van der Waals surface area contributed by atoms with Crippen LogP contribution in [0.15, 0.2) is 23.6 Å². The number of rotatable bonds is 5. The van der Waals surface area contributed by atoms with Gasteiger partial charge in [0.05, 0.1) is 17.8 Å². The molecular weight excluding hydrogens is 268 g/mol. The number of hydrogen-bond donors (Lipinski definition) is 1. The molecule has 0 radical (unpaired) electrons. The minimum Gasteiger partial charge on any atom is -0.496 e. The maximum Gasteiger partial charge on any atom is 0.123 e. The predicted molar refractivity (Wildman–Crippen MR) is 84.5 cm³/mol. The van der Waals surface area contributed by atoms with E-state index in [4.69, 9.17) is 4.74 Å². The second-order valence-corrected chi connectivity index (χ2v) is 6.21. The van der Waals surface area contributed by atoms with Crippen molar-refractivity contribution in [3.05, 3.63) is 45.4 Å². The fraction of sp³-hybridized carbons (Fsp3) is 0.438. The summed E-state index contributed by atoms with van der Waals surface area (Å²) >= 11 is 1.69. The van der Waals surface area contributed by atoms with Gasteiger partial charge in [-0.25, -0.2) is 4.98 Å². The van der Waals surface area contributed by atoms with E-state index in [0.29, 0.717) is 0 Å². The lowest BCUT2D eigenvalue weighted by molar-refractivity contribution is 0.396. The van der Waals surface area contributed by atoms with Gasteiger partial charge in [-0.2, -0.15) is 0 Å². The number of methoxy groups -OCH3 is 1. The molecule has 0 aliphatic carbocycles. The first-order chi connectivity index (χ1) is 9.51. The number of benzene rings is 1. The van der Waals surface area contributed by atoms with E-state index in [1.807, 2.05) is 13.0 Å². The van der Waals surface area contributed by atoms with Crippen LogP contribution < -0.4 is 10.1 Å². The van der Waals surface area contributed by atoms with E-state index in [0.717, 1.165) is 16.5 Å². The first-order valence-electron chi connectivity index (χ1n) is 6.84. The first-order valence-corrected chi connectivity index (χ1v) is 7.72. The third-order valence-corrected chi connectivity index (χ3v) is 4.22. The molecule has 0 aliphatic heterocycles. The van der Waals surface area contributed by atoms with Crippen molar-refractivity contribution >= 4 is 11.3 Å². The smallest absolute Gasteiger partial charge is 0.123 e. The molecule has 0 saturated carbocycles. The van der Waals surface area contributed by atoms with Gasteiger partial charge < -0.3 is 10.1 Å². The molecule has 4 heteroatoms. The molecule has 20 heavy (non-hydrogen) atoms. The van der Waals surface area contributed by atoms with Crippen LogP contribution in [0.4, 0.5) is 0 Å². The van der Waals surface area contributed by atoms with Crippen LogP contribution in [-0.4, -0.2) is 12.1 Å². The first kappa shape index (κ1) is 15.0. The van der Waals surface area contributed by atoms with E-state index in [1.165, 1.54) is 11.1 Å². The van der Waals surface area contributed by atoms with E-state index in [1.54, 1.807) is 18.4 Å². The van der Waals surface area contributed by atoms with Gasteiger partial charge in [-0.15, -0.1) is 11.3 Å². The SMILES string of the molecule is COc1ccc(C)cc1C(C)NC(C)c1csc(C)n1. The molecule has 0 aliphatic rings. The third kappa shape index (κ3) is 3.38. The third-order valence-electron chi connectivity index (χ3n) is 3.43. The highest BCUT2D eigenvalue weighted by molar-refractivity contribution is 7.09. The van der Waals surface area contributed by atoms with Crippen molar-refractivity contribution in [3.8, 4) is 5.75 Å². The second kappa shape index (κ2) is 6.37. The Balaban J connectivity index is 2.15. The number of aromatic nitrogens is 1. The summed E-state index contributed by atoms with van der Waals surface area (Å²) in [6.07, 6.45) is 0. The Morgan fingerprint density at radius 2 is 1.95 bits per heavy atom. The van der Waals surface area contributed by atoms with E-state index >= 15 is 0 Å². The van der Waals surface area contributed by atoms with Crippen LogP contribution in [0.5, 0.6) is 5.75 Å². The van der Waals surface area contributed by atoms with E-state index in [-0.39, 0.29) is 12.1 Å². The minimum absolute atomic E-state index is 0.210. The van der Waals surface area contributed by atoms with Crippen LogP contribution in [-0.2, 0) is 0 Å². The molecule has 1 heterocycles. The summed E-state index contributed by atoms with van der Waals surface area (Å²) < 4.78 is 5.46. The second-order valence-electron chi connectivity index (χ2n) is 5.15. The lowest BCUT2D eigenvalue weighted by atomic mass is 10.0. The quantitative estimate of drug-likeness (QED) is 0.897. The number of aryl methyl sites for hydroxylation is 2. The number of nitrogens with zero attached hydrogens (tertiary/aromatic N) is 1. The fourth-order valence-corrected chi connectivity index (χ4v) is 3.03. The molecule has 1 aromatic heterocycles. The molecule has 108 valence electrons. The molecule has 2 atom stereocenters. The zero-order chi connectivity index (χ0) is 14.7. The van der Waals surface area contributed by atoms with E-state index in [2.05, 4.69) is 48.6 Å². The normalized spacial score (nSPS) is 14.1. The maximum atomic E-state index is 5.46. The Morgan fingerprint density at radius 1 is 1.20 bits per heavy atom. The Labute approximate surface area is 125 Å². The average Bonchev–Trinajstić information content (AvgIpc) is 2.85. The Bertz CT molecular complexity index is 580. The summed E-state index contributed by atoms with van der Waals surface area (Å²) in [6.45, 7) is 8.44. The predicted octanol–water partition coefficient (Wildman–Crippen LogP) is 4.18. The van der Waals surface area contributed by atoms with Gasteiger partial charge in [0.25, 0.3) is 0 Å². The maximum absolute atomic E-state index is 5.46. The Kier molecular flexibility index (Phi) is 4.78. The van der Waals surface area contributed by atoms with Gasteiger partial charge in [0.1, 0.15) is 5.75 Å². The number of ether oxygens (including phenoxy) is 1. The van der Waals surface area contributed by atoms with Gasteiger partial charge in [0.15, 0.2) is 0 Å². The van der Waals surface area contributed by atoms with Gasteiger partial charge in [0, 0.05) is 23.0 Å². The molecule has 0 bridgehead atoms. The standard InChI is InChI=1S/C16H22N2OS/c1-10-6-7-16(19-5)14(8-10)11(2)17-12(3)15-9-20-13(4)18-15/h6-9,11-12,17H,1-5H3. The molecule has 2 rings (SSSR count). The molecule has 1 aromatic carbocycles. The molecule has 2 aromatic rings. The van der Waals surface area contributed by atoms with Crippen LogP contribution in [0.25, 0.3) is 0 Å². The summed E-state index contributed by atoms with van der Waals surface area (Å²) in [7, 11) is 1.72. The van der Waals surface area contributed by atoms with Gasteiger partial charge in [-0.05, 0) is 33.8 Å². The Morgan fingerprint density at radius 3 is 2.55 bits per heavy atom. The van der Waals surface area contributed by atoms with Gasteiger partial charge in [-0.1, -0.05) is 17.7 Å². The van der Waals surface area contributed by atoms with Crippen molar-refractivity contribution in [2.24, 2.45) is 0 Å². The molecule has 2 unspecified atom stereocenters. The van der Waals surface area contributed by atoms with Crippen molar-refractivity contribution < 1.29 is 4.74 Å². The molecule has 1 N–H and O–H groups in total. The molecular formula is C16H22N2OS. The summed E-state index contributed by atoms with van der Waals surface area (Å²) in [6, 6.07) is 6.71. The van der Waals surface area contributed by atoms with Crippen molar-refractivity contribution in [1.29, 1.82) is 0 Å². The topological polar surface area (TPSA) is 34.1 Å². The van der Waals surface area contributed by atoms with Crippen LogP contribution in [0.3, 0.4) is 0 Å². The zero-order valence-electron chi connectivity index (χ0n) is 12.7. The summed E-state index contributed by atoms with van der Waals surface area (Å²) in [4.78, 5) is 4.54. The summed E-state index contributed by atoms with van der Waals surface area (Å²) in [5.74, 6) is 0.928. The largest absolute Gasteiger partial charge is 0.496 e. The zero-order valence-corrected chi connectivity index (χ0v) is 13.5. The van der Waals surface area contributed by atoms with Crippen molar-refractivity contribution in [2.45, 2.75) is 39.8 Å². The van der Waals surface area contributed by atoms with Crippen molar-refractivity contribution in [1.82, 2.24) is 10.3 Å². The summed E-state index contributed by atoms with van der Waals surface area (Å²) in [5, 5.41) is 6.82. The molecule has 3 nitrogen and oxygen atoms in total. The number of thiazole rings is 1. The van der Waals surface area contributed by atoms with Gasteiger partial charge in [-0.3, -0.25) is 0 Å². The monoisotopic (exact) mass is 290 g/mol. The van der Waals surface area contributed by atoms with Crippen molar-refractivity contribution in [3.63, 3.8) is 0 Å². The molecule has 0 fully saturated rings. The van der Waals surface area contributed by atoms with Gasteiger partial charge in [0.2, 0.25) is 0 Å². The van der Waals surface area contributed by atoms with Crippen LogP contribution in [0.2, 0.25) is 0 Å². The highest BCUT2D eigenvalue weighted by Gasteiger charge is 2.16. The molecule has 0 saturated heterocycles. The molecule has 0 spiro atoms. The number of hydrogen-bond acceptors (Lipinski definition) is 4. The van der Waals surface area contributed by atoms with Crippen LogP contribution in [0.1, 0.15) is 47.8 Å². The van der Waals surface area contributed by atoms with Crippen molar-refractivity contribution in [2.75, 3.05) is 7.11 Å². The highest BCUT2D eigenvalue weighted by atomic mass is 32.1. The highest BCUT2D eigenvalue weighted by Crippen LogP contribution is 2.28. The van der Waals surface area contributed by atoms with Crippen LogP contribution >= 0.6 is 11.3 Å². The lowest BCUT2D eigenvalue weighted by Crippen LogP contribution is -2.23. The average molecular weight is 290 g/mol. The summed E-state index contributed by atoms with van der Waals surface area (Å²) in [5.41, 5.74) is 3.53. The number of nitrogens with one attached hydrogen (secondary N) is 1.